The lowest BCUT2D eigenvalue weighted by molar-refractivity contribution is -0.385. The van der Waals surface area contributed by atoms with Crippen molar-refractivity contribution in [1.82, 2.24) is 5.32 Å². The van der Waals surface area contributed by atoms with Gasteiger partial charge >= 0.3 is 0 Å². The third-order valence-electron chi connectivity index (χ3n) is 2.15. The maximum atomic E-state index is 12.0. The van der Waals surface area contributed by atoms with Crippen molar-refractivity contribution < 1.29 is 14.5 Å². The van der Waals surface area contributed by atoms with Crippen molar-refractivity contribution in [2.75, 3.05) is 6.61 Å². The Morgan fingerprint density at radius 3 is 2.67 bits per heavy atom. The van der Waals surface area contributed by atoms with Gasteiger partial charge in [0.1, 0.15) is 5.75 Å². The summed E-state index contributed by atoms with van der Waals surface area (Å²) in [6, 6.07) is 4.23. The van der Waals surface area contributed by atoms with Gasteiger partial charge in [-0.2, -0.15) is 0 Å². The molecule has 0 aliphatic heterocycles. The van der Waals surface area contributed by atoms with Gasteiger partial charge in [-0.15, -0.1) is 0 Å². The molecule has 6 nitrogen and oxygen atoms in total. The van der Waals surface area contributed by atoms with Crippen LogP contribution in [0.5, 0.6) is 5.75 Å². The summed E-state index contributed by atoms with van der Waals surface area (Å²) in [5.41, 5.74) is -0.280. The molecule has 0 atom stereocenters. The van der Waals surface area contributed by atoms with E-state index in [0.717, 1.165) is 0 Å². The smallest absolute Gasteiger partial charge is 0.285 e. The van der Waals surface area contributed by atoms with Crippen molar-refractivity contribution >= 4 is 11.6 Å². The molecule has 1 amide bonds. The van der Waals surface area contributed by atoms with Crippen LogP contribution in [0.3, 0.4) is 0 Å². The Bertz CT molecular complexity index is 457. The minimum Gasteiger partial charge on any atom is -0.493 e. The number of carbonyl (C=O) groups excluding carboxylic acids is 1. The second kappa shape index (κ2) is 6.00. The highest BCUT2D eigenvalue weighted by atomic mass is 16.6. The average molecular weight is 252 g/mol. The summed E-state index contributed by atoms with van der Waals surface area (Å²) in [4.78, 5) is 22.3. The molecule has 1 aromatic carbocycles. The second-order valence-electron chi connectivity index (χ2n) is 3.97. The van der Waals surface area contributed by atoms with Crippen molar-refractivity contribution in [3.05, 3.63) is 33.9 Å². The molecule has 0 fully saturated rings. The summed E-state index contributed by atoms with van der Waals surface area (Å²) in [7, 11) is 0. The monoisotopic (exact) mass is 252 g/mol. The summed E-state index contributed by atoms with van der Waals surface area (Å²) >= 11 is 0. The van der Waals surface area contributed by atoms with E-state index in [2.05, 4.69) is 5.32 Å². The lowest BCUT2D eigenvalue weighted by atomic mass is 10.1. The van der Waals surface area contributed by atoms with Gasteiger partial charge < -0.3 is 10.1 Å². The Kier molecular flexibility index (Phi) is 4.65. The predicted octanol–water partition coefficient (Wildman–Crippen LogP) is 2.13. The van der Waals surface area contributed by atoms with Crippen LogP contribution in [0.4, 0.5) is 5.69 Å². The van der Waals surface area contributed by atoms with Crippen molar-refractivity contribution in [3.8, 4) is 5.75 Å². The first-order valence-corrected chi connectivity index (χ1v) is 5.68. The second-order valence-corrected chi connectivity index (χ2v) is 3.97. The van der Waals surface area contributed by atoms with Crippen LogP contribution in [0.2, 0.25) is 0 Å². The van der Waals surface area contributed by atoms with Crippen LogP contribution < -0.4 is 10.1 Å². The maximum absolute atomic E-state index is 12.0. The number of nitrogens with zero attached hydrogens (tertiary/aromatic N) is 1. The van der Waals surface area contributed by atoms with Crippen LogP contribution in [-0.2, 0) is 0 Å². The minimum absolute atomic E-state index is 0.0296. The van der Waals surface area contributed by atoms with E-state index in [4.69, 9.17) is 4.74 Å². The molecule has 1 N–H and O–H groups in total. The highest BCUT2D eigenvalue weighted by molar-refractivity contribution is 6.01. The number of benzene rings is 1. The molecule has 98 valence electrons. The first-order chi connectivity index (χ1) is 8.47. The van der Waals surface area contributed by atoms with Crippen LogP contribution >= 0.6 is 0 Å². The largest absolute Gasteiger partial charge is 0.493 e. The van der Waals surface area contributed by atoms with E-state index in [0.29, 0.717) is 6.61 Å². The van der Waals surface area contributed by atoms with Gasteiger partial charge in [-0.25, -0.2) is 0 Å². The van der Waals surface area contributed by atoms with Gasteiger partial charge in [0, 0.05) is 12.1 Å². The van der Waals surface area contributed by atoms with Gasteiger partial charge in [0.25, 0.3) is 11.6 Å². The fraction of sp³-hybridized carbons (Fsp3) is 0.417. The molecular formula is C12H16N2O4. The van der Waals surface area contributed by atoms with Gasteiger partial charge in [0.2, 0.25) is 0 Å². The zero-order chi connectivity index (χ0) is 13.7. The van der Waals surface area contributed by atoms with Gasteiger partial charge in [-0.05, 0) is 26.8 Å². The number of nitro groups is 1. The van der Waals surface area contributed by atoms with Crippen LogP contribution in [0.1, 0.15) is 31.1 Å². The molecule has 0 aliphatic carbocycles. The highest BCUT2D eigenvalue weighted by Gasteiger charge is 2.25. The topological polar surface area (TPSA) is 81.5 Å². The Labute approximate surface area is 105 Å². The van der Waals surface area contributed by atoms with Gasteiger partial charge in [0.15, 0.2) is 5.56 Å². The maximum Gasteiger partial charge on any atom is 0.285 e. The number of carbonyl (C=O) groups is 1. The summed E-state index contributed by atoms with van der Waals surface area (Å²) in [6.07, 6.45) is 0. The van der Waals surface area contributed by atoms with Crippen molar-refractivity contribution in [2.45, 2.75) is 26.8 Å². The minimum atomic E-state index is -0.586. The summed E-state index contributed by atoms with van der Waals surface area (Å²) in [5.74, 6) is -0.273. The molecule has 0 saturated carbocycles. The van der Waals surface area contributed by atoms with Crippen LogP contribution in [0.15, 0.2) is 18.2 Å². The number of ether oxygens (including phenoxy) is 1. The molecule has 0 aromatic heterocycles. The molecule has 0 unspecified atom stereocenters. The van der Waals surface area contributed by atoms with E-state index in [1.807, 2.05) is 0 Å². The molecule has 18 heavy (non-hydrogen) atoms. The standard InChI is InChI=1S/C12H16N2O4/c1-4-18-10-7-5-6-9(14(16)17)11(10)12(15)13-8(2)3/h5-8H,4H2,1-3H3,(H,13,15). The third kappa shape index (κ3) is 3.19. The molecule has 1 rings (SSSR count). The van der Waals surface area contributed by atoms with Crippen LogP contribution in [-0.4, -0.2) is 23.5 Å². The van der Waals surface area contributed by atoms with Crippen LogP contribution in [0, 0.1) is 10.1 Å². The molecule has 0 radical (unpaired) electrons. The van der Waals surface area contributed by atoms with Crippen molar-refractivity contribution in [2.24, 2.45) is 0 Å². The molecule has 0 aliphatic rings. The van der Waals surface area contributed by atoms with Gasteiger partial charge in [0.05, 0.1) is 11.5 Å². The van der Waals surface area contributed by atoms with E-state index in [1.54, 1.807) is 26.8 Å². The predicted molar refractivity (Wildman–Crippen MR) is 66.9 cm³/mol. The molecule has 0 saturated heterocycles. The van der Waals surface area contributed by atoms with E-state index >= 15 is 0 Å². The molecular weight excluding hydrogens is 236 g/mol. The van der Waals surface area contributed by atoms with E-state index in [1.165, 1.54) is 12.1 Å². The van der Waals surface area contributed by atoms with E-state index in [9.17, 15) is 14.9 Å². The number of hydrogen-bond donors (Lipinski definition) is 1. The summed E-state index contributed by atoms with van der Waals surface area (Å²) in [6.45, 7) is 5.66. The number of nitro benzene ring substituents is 1. The SMILES string of the molecule is CCOc1cccc([N+](=O)[O-])c1C(=O)NC(C)C. The molecule has 6 heteroatoms. The molecule has 0 bridgehead atoms. The zero-order valence-corrected chi connectivity index (χ0v) is 10.6. The van der Waals surface area contributed by atoms with E-state index in [-0.39, 0.29) is 23.0 Å². The molecule has 0 spiro atoms. The van der Waals surface area contributed by atoms with Crippen molar-refractivity contribution in [3.63, 3.8) is 0 Å². The molecule has 0 heterocycles. The lowest BCUT2D eigenvalue weighted by Gasteiger charge is -2.12. The third-order valence-corrected chi connectivity index (χ3v) is 2.15. The summed E-state index contributed by atoms with van der Waals surface area (Å²) < 4.78 is 5.27. The molecule has 1 aromatic rings. The average Bonchev–Trinajstić information content (AvgIpc) is 2.27. The fourth-order valence-corrected chi connectivity index (χ4v) is 1.51. The number of hydrogen-bond acceptors (Lipinski definition) is 4. The lowest BCUT2D eigenvalue weighted by Crippen LogP contribution is -2.31. The Morgan fingerprint density at radius 1 is 1.50 bits per heavy atom. The number of rotatable bonds is 5. The Hall–Kier alpha value is -2.11. The van der Waals surface area contributed by atoms with E-state index < -0.39 is 10.8 Å². The number of amides is 1. The Morgan fingerprint density at radius 2 is 2.17 bits per heavy atom. The normalized spacial score (nSPS) is 10.2. The first kappa shape index (κ1) is 14.0. The Balaban J connectivity index is 3.26. The van der Waals surface area contributed by atoms with Crippen LogP contribution in [0.25, 0.3) is 0 Å². The quantitative estimate of drug-likeness (QED) is 0.643. The first-order valence-electron chi connectivity index (χ1n) is 5.68. The highest BCUT2D eigenvalue weighted by Crippen LogP contribution is 2.28. The van der Waals surface area contributed by atoms with Gasteiger partial charge in [-0.1, -0.05) is 6.07 Å². The number of nitrogens with one attached hydrogen (secondary N) is 1. The van der Waals surface area contributed by atoms with Gasteiger partial charge in [-0.3, -0.25) is 14.9 Å². The fourth-order valence-electron chi connectivity index (χ4n) is 1.51. The van der Waals surface area contributed by atoms with Crippen molar-refractivity contribution in [1.29, 1.82) is 0 Å². The summed E-state index contributed by atoms with van der Waals surface area (Å²) in [5, 5.41) is 13.6. The zero-order valence-electron chi connectivity index (χ0n) is 10.6.